The highest BCUT2D eigenvalue weighted by Crippen LogP contribution is 2.45. The van der Waals surface area contributed by atoms with E-state index in [1.54, 1.807) is 0 Å². The summed E-state index contributed by atoms with van der Waals surface area (Å²) in [6.45, 7) is 0.782. The van der Waals surface area contributed by atoms with Crippen LogP contribution in [0.15, 0.2) is 65.9 Å². The normalized spacial score (nSPS) is 21.0. The number of nitrogens with zero attached hydrogens (tertiary/aromatic N) is 1. The molecule has 3 rings (SSSR count). The molecule has 3 amide bonds. The van der Waals surface area contributed by atoms with Crippen LogP contribution in [0, 0.1) is 5.82 Å². The van der Waals surface area contributed by atoms with Gasteiger partial charge in [0.15, 0.2) is 0 Å². The number of aliphatic hydroxyl groups is 1. The van der Waals surface area contributed by atoms with E-state index in [1.165, 1.54) is 47.8 Å². The number of halogens is 4. The van der Waals surface area contributed by atoms with E-state index >= 15 is 0 Å². The fraction of sp³-hybridized carbons (Fsp3) is 0.150. The van der Waals surface area contributed by atoms with Gasteiger partial charge in [-0.25, -0.2) is 9.29 Å². The van der Waals surface area contributed by atoms with Gasteiger partial charge in [0, 0.05) is 0 Å². The number of amides is 3. The fourth-order valence-electron chi connectivity index (χ4n) is 3.21. The van der Waals surface area contributed by atoms with Gasteiger partial charge in [0.1, 0.15) is 11.6 Å². The minimum Gasteiger partial charge on any atom is -0.512 e. The molecule has 0 saturated carbocycles. The molecule has 0 spiro atoms. The highest BCUT2D eigenvalue weighted by atomic mass is 19.4. The lowest BCUT2D eigenvalue weighted by Crippen LogP contribution is -2.64. The first-order chi connectivity index (χ1) is 14.0. The van der Waals surface area contributed by atoms with Crippen molar-refractivity contribution in [3.8, 4) is 0 Å². The number of alkyl halides is 3. The molecule has 6 nitrogen and oxygen atoms in total. The van der Waals surface area contributed by atoms with Gasteiger partial charge < -0.3 is 10.4 Å². The molecule has 1 atom stereocenters. The second-order valence-electron chi connectivity index (χ2n) is 6.42. The van der Waals surface area contributed by atoms with Crippen LogP contribution in [0.25, 0.3) is 0 Å². The number of allylic oxidation sites excluding steroid dienone is 1. The lowest BCUT2D eigenvalue weighted by molar-refractivity contribution is -0.184. The molecule has 1 aliphatic heterocycles. The second-order valence-corrected chi connectivity index (χ2v) is 6.42. The zero-order valence-corrected chi connectivity index (χ0v) is 15.3. The summed E-state index contributed by atoms with van der Waals surface area (Å²) in [5.74, 6) is -7.13. The van der Waals surface area contributed by atoms with E-state index in [1.807, 2.05) is 0 Å². The summed E-state index contributed by atoms with van der Waals surface area (Å²) in [5, 5.41) is 11.4. The minimum atomic E-state index is -5.54. The predicted molar refractivity (Wildman–Crippen MR) is 96.9 cm³/mol. The zero-order valence-electron chi connectivity index (χ0n) is 15.3. The number of aliphatic hydroxyl groups excluding tert-OH is 1. The number of carbonyl (C=O) groups is 3. The number of para-hydroxylation sites is 1. The van der Waals surface area contributed by atoms with Gasteiger partial charge in [0.05, 0.1) is 16.8 Å². The number of benzene rings is 2. The monoisotopic (exact) mass is 422 g/mol. The minimum absolute atomic E-state index is 0.197. The Balaban J connectivity index is 2.22. The molecule has 10 heteroatoms. The van der Waals surface area contributed by atoms with Crippen LogP contribution in [-0.4, -0.2) is 34.5 Å². The van der Waals surface area contributed by atoms with Crippen molar-refractivity contribution < 1.29 is 37.1 Å². The number of hydrogen-bond donors (Lipinski definition) is 2. The van der Waals surface area contributed by atoms with Crippen LogP contribution < -0.4 is 10.2 Å². The van der Waals surface area contributed by atoms with E-state index in [9.17, 15) is 37.1 Å². The lowest BCUT2D eigenvalue weighted by Gasteiger charge is -2.31. The van der Waals surface area contributed by atoms with Crippen LogP contribution in [0.5, 0.6) is 0 Å². The summed E-state index contributed by atoms with van der Waals surface area (Å²) >= 11 is 0. The largest absolute Gasteiger partial charge is 0.512 e. The van der Waals surface area contributed by atoms with Crippen molar-refractivity contribution >= 4 is 23.4 Å². The van der Waals surface area contributed by atoms with Crippen LogP contribution >= 0.6 is 0 Å². The first-order valence-corrected chi connectivity index (χ1v) is 8.50. The average molecular weight is 422 g/mol. The Hall–Kier alpha value is -3.69. The maximum Gasteiger partial charge on any atom is 0.425 e. The molecule has 1 unspecified atom stereocenters. The van der Waals surface area contributed by atoms with Crippen LogP contribution in [-0.2, 0) is 9.59 Å². The van der Waals surface area contributed by atoms with E-state index in [4.69, 9.17) is 0 Å². The quantitative estimate of drug-likeness (QED) is 0.344. The van der Waals surface area contributed by atoms with E-state index < -0.39 is 52.1 Å². The van der Waals surface area contributed by atoms with Gasteiger partial charge in [0.2, 0.25) is 0 Å². The van der Waals surface area contributed by atoms with Crippen LogP contribution in [0.3, 0.4) is 0 Å². The number of hydrogen-bond acceptors (Lipinski definition) is 4. The summed E-state index contributed by atoms with van der Waals surface area (Å²) in [4.78, 5) is 38.5. The van der Waals surface area contributed by atoms with E-state index in [0.29, 0.717) is 0 Å². The van der Waals surface area contributed by atoms with Crippen molar-refractivity contribution in [3.05, 3.63) is 77.3 Å². The summed E-state index contributed by atoms with van der Waals surface area (Å²) in [7, 11) is 0. The van der Waals surface area contributed by atoms with E-state index in [-0.39, 0.29) is 10.6 Å². The molecular formula is C20H14F4N2O4. The molecule has 0 radical (unpaired) electrons. The highest BCUT2D eigenvalue weighted by Gasteiger charge is 2.72. The number of carbonyl (C=O) groups excluding carboxylic acids is 3. The Bertz CT molecular complexity index is 1060. The number of nitrogens with one attached hydrogen (secondary N) is 1. The number of imide groups is 1. The van der Waals surface area contributed by atoms with Crippen LogP contribution in [0.1, 0.15) is 17.3 Å². The molecule has 0 bridgehead atoms. The summed E-state index contributed by atoms with van der Waals surface area (Å²) < 4.78 is 56.7. The molecule has 1 aliphatic rings. The van der Waals surface area contributed by atoms with Crippen molar-refractivity contribution in [3.63, 3.8) is 0 Å². The summed E-state index contributed by atoms with van der Waals surface area (Å²) in [6.07, 6.45) is -5.54. The molecule has 1 fully saturated rings. The van der Waals surface area contributed by atoms with Crippen molar-refractivity contribution in [2.45, 2.75) is 18.6 Å². The van der Waals surface area contributed by atoms with Crippen molar-refractivity contribution in [1.29, 1.82) is 0 Å². The maximum absolute atomic E-state index is 14.3. The predicted octanol–water partition coefficient (Wildman–Crippen LogP) is 3.26. The number of anilines is 1. The topological polar surface area (TPSA) is 86.7 Å². The molecular weight excluding hydrogens is 408 g/mol. The van der Waals surface area contributed by atoms with Gasteiger partial charge in [-0.2, -0.15) is 13.2 Å². The Morgan fingerprint density at radius 3 is 2.13 bits per heavy atom. The Morgan fingerprint density at radius 2 is 1.60 bits per heavy atom. The lowest BCUT2D eigenvalue weighted by atomic mass is 9.89. The van der Waals surface area contributed by atoms with E-state index in [0.717, 1.165) is 19.1 Å². The Morgan fingerprint density at radius 1 is 1.03 bits per heavy atom. The summed E-state index contributed by atoms with van der Waals surface area (Å²) in [6, 6.07) is 10.9. The fourth-order valence-corrected chi connectivity index (χ4v) is 3.21. The van der Waals surface area contributed by atoms with Crippen molar-refractivity contribution in [1.82, 2.24) is 5.32 Å². The third-order valence-corrected chi connectivity index (χ3v) is 4.54. The van der Waals surface area contributed by atoms with Gasteiger partial charge in [-0.05, 0) is 31.2 Å². The standard InChI is InChI=1S/C20H14F4N2O4/c1-11(27)15-17(29)26(12-7-3-2-4-8-12)18(30)19(15,20(22,23)24)25-16(28)13-9-5-6-10-14(13)21/h2-10,27H,1H3,(H,25,28)/b15-11+. The van der Waals surface area contributed by atoms with Gasteiger partial charge in [-0.3, -0.25) is 14.4 Å². The van der Waals surface area contributed by atoms with Crippen molar-refractivity contribution in [2.24, 2.45) is 0 Å². The molecule has 0 aliphatic carbocycles. The molecule has 2 aromatic rings. The molecule has 2 N–H and O–H groups in total. The zero-order chi connectivity index (χ0) is 22.3. The second kappa shape index (κ2) is 7.29. The molecule has 1 saturated heterocycles. The average Bonchev–Trinajstić information content (AvgIpc) is 2.90. The Labute approximate surface area is 167 Å². The van der Waals surface area contributed by atoms with Crippen molar-refractivity contribution in [2.75, 3.05) is 4.90 Å². The molecule has 156 valence electrons. The summed E-state index contributed by atoms with van der Waals surface area (Å²) in [5.41, 5.74) is -6.24. The highest BCUT2D eigenvalue weighted by molar-refractivity contribution is 6.34. The maximum atomic E-state index is 14.3. The van der Waals surface area contributed by atoms with E-state index in [2.05, 4.69) is 0 Å². The first kappa shape index (κ1) is 21.0. The van der Waals surface area contributed by atoms with Gasteiger partial charge in [0.25, 0.3) is 23.3 Å². The third kappa shape index (κ3) is 3.10. The van der Waals surface area contributed by atoms with Gasteiger partial charge >= 0.3 is 6.18 Å². The molecule has 2 aromatic carbocycles. The number of rotatable bonds is 3. The smallest absolute Gasteiger partial charge is 0.425 e. The first-order valence-electron chi connectivity index (χ1n) is 8.50. The molecule has 0 aromatic heterocycles. The van der Waals surface area contributed by atoms with Gasteiger partial charge in [-0.15, -0.1) is 0 Å². The Kier molecular flexibility index (Phi) is 5.11. The SMILES string of the molecule is C/C(O)=C1/C(=O)N(c2ccccc2)C(=O)C1(NC(=O)c1ccccc1F)C(F)(F)F. The molecule has 1 heterocycles. The van der Waals surface area contributed by atoms with Crippen LogP contribution in [0.2, 0.25) is 0 Å². The molecule has 30 heavy (non-hydrogen) atoms. The van der Waals surface area contributed by atoms with Gasteiger partial charge in [-0.1, -0.05) is 30.3 Å². The van der Waals surface area contributed by atoms with Crippen LogP contribution in [0.4, 0.5) is 23.2 Å². The third-order valence-electron chi connectivity index (χ3n) is 4.54.